The van der Waals surface area contributed by atoms with Crippen molar-refractivity contribution in [3.8, 4) is 0 Å². The van der Waals surface area contributed by atoms with Crippen molar-refractivity contribution in [3.63, 3.8) is 0 Å². The molecule has 0 saturated heterocycles. The van der Waals surface area contributed by atoms with Gasteiger partial charge in [-0.15, -0.1) is 5.10 Å². The highest BCUT2D eigenvalue weighted by Crippen LogP contribution is 2.22. The van der Waals surface area contributed by atoms with Gasteiger partial charge in [-0.25, -0.2) is 9.48 Å². The predicted octanol–water partition coefficient (Wildman–Crippen LogP) is 0.970. The molecular weight excluding hydrogens is 208 g/mol. The largest absolute Gasteiger partial charge is 0.480 e. The van der Waals surface area contributed by atoms with Crippen molar-refractivity contribution >= 4 is 5.97 Å². The first-order valence-electron chi connectivity index (χ1n) is 5.37. The molecule has 0 spiro atoms. The SMILES string of the molecule is CC[C@H](C)[C@H](N)c1cnnn1[C@@H](C)C(=O)O. The molecular formula is C10H18N4O2. The zero-order valence-electron chi connectivity index (χ0n) is 9.79. The number of carboxylic acid groups (broad SMARTS) is 1. The summed E-state index contributed by atoms with van der Waals surface area (Å²) in [6, 6.07) is -0.977. The predicted molar refractivity (Wildman–Crippen MR) is 58.8 cm³/mol. The molecule has 16 heavy (non-hydrogen) atoms. The number of hydrogen-bond donors (Lipinski definition) is 2. The molecule has 0 amide bonds. The van der Waals surface area contributed by atoms with Gasteiger partial charge < -0.3 is 10.8 Å². The lowest BCUT2D eigenvalue weighted by atomic mass is 9.97. The summed E-state index contributed by atoms with van der Waals surface area (Å²) >= 11 is 0. The third-order valence-electron chi connectivity index (χ3n) is 2.93. The van der Waals surface area contributed by atoms with Crippen LogP contribution in [0.5, 0.6) is 0 Å². The minimum absolute atomic E-state index is 0.234. The molecule has 0 fully saturated rings. The minimum Gasteiger partial charge on any atom is -0.480 e. The van der Waals surface area contributed by atoms with E-state index in [1.54, 1.807) is 6.92 Å². The summed E-state index contributed by atoms with van der Waals surface area (Å²) in [5.74, 6) is -0.679. The highest BCUT2D eigenvalue weighted by atomic mass is 16.4. The Balaban J connectivity index is 2.98. The molecule has 0 aliphatic rings. The molecule has 1 aromatic rings. The van der Waals surface area contributed by atoms with Crippen LogP contribution in [0, 0.1) is 5.92 Å². The van der Waals surface area contributed by atoms with E-state index < -0.39 is 12.0 Å². The topological polar surface area (TPSA) is 94.0 Å². The Morgan fingerprint density at radius 2 is 2.25 bits per heavy atom. The fourth-order valence-electron chi connectivity index (χ4n) is 1.44. The Morgan fingerprint density at radius 3 is 2.75 bits per heavy atom. The number of nitrogens with zero attached hydrogens (tertiary/aromatic N) is 3. The molecule has 0 unspecified atom stereocenters. The van der Waals surface area contributed by atoms with E-state index in [2.05, 4.69) is 10.3 Å². The molecule has 0 bridgehead atoms. The van der Waals surface area contributed by atoms with Gasteiger partial charge in [0.2, 0.25) is 0 Å². The maximum Gasteiger partial charge on any atom is 0.328 e. The standard InChI is InChI=1S/C10H18N4O2/c1-4-6(2)9(11)8-5-12-13-14(8)7(3)10(15)16/h5-7,9H,4,11H2,1-3H3,(H,15,16)/t6-,7-,9-/m0/s1. The first-order chi connectivity index (χ1) is 7.49. The van der Waals surface area contributed by atoms with Gasteiger partial charge in [0.15, 0.2) is 0 Å². The van der Waals surface area contributed by atoms with Crippen molar-refractivity contribution in [2.24, 2.45) is 11.7 Å². The summed E-state index contributed by atoms with van der Waals surface area (Å²) in [5, 5.41) is 16.4. The second-order valence-electron chi connectivity index (χ2n) is 4.03. The van der Waals surface area contributed by atoms with Crippen LogP contribution in [-0.4, -0.2) is 26.1 Å². The summed E-state index contributed by atoms with van der Waals surface area (Å²) in [6.45, 7) is 5.62. The van der Waals surface area contributed by atoms with Crippen LogP contribution >= 0.6 is 0 Å². The summed E-state index contributed by atoms with van der Waals surface area (Å²) < 4.78 is 1.37. The van der Waals surface area contributed by atoms with E-state index in [1.807, 2.05) is 13.8 Å². The molecule has 0 aliphatic carbocycles. The number of aliphatic carboxylic acids is 1. The van der Waals surface area contributed by atoms with Gasteiger partial charge in [0.1, 0.15) is 6.04 Å². The Morgan fingerprint density at radius 1 is 1.62 bits per heavy atom. The van der Waals surface area contributed by atoms with Crippen LogP contribution in [0.15, 0.2) is 6.20 Å². The summed E-state index contributed by atoms with van der Waals surface area (Å²) in [6.07, 6.45) is 2.46. The lowest BCUT2D eigenvalue weighted by molar-refractivity contribution is -0.140. The van der Waals surface area contributed by atoms with Crippen molar-refractivity contribution in [2.75, 3.05) is 0 Å². The third-order valence-corrected chi connectivity index (χ3v) is 2.93. The number of rotatable bonds is 5. The average molecular weight is 226 g/mol. The second kappa shape index (κ2) is 5.07. The number of carbonyl (C=O) groups is 1. The molecule has 0 saturated carbocycles. The summed E-state index contributed by atoms with van der Waals surface area (Å²) in [7, 11) is 0. The second-order valence-corrected chi connectivity index (χ2v) is 4.03. The highest BCUT2D eigenvalue weighted by Gasteiger charge is 2.23. The van der Waals surface area contributed by atoms with Crippen LogP contribution in [0.4, 0.5) is 0 Å². The van der Waals surface area contributed by atoms with Gasteiger partial charge in [0.25, 0.3) is 0 Å². The van der Waals surface area contributed by atoms with E-state index in [1.165, 1.54) is 10.9 Å². The van der Waals surface area contributed by atoms with E-state index in [4.69, 9.17) is 10.8 Å². The zero-order valence-corrected chi connectivity index (χ0v) is 9.79. The first kappa shape index (κ1) is 12.6. The van der Waals surface area contributed by atoms with Crippen molar-refractivity contribution < 1.29 is 9.90 Å². The van der Waals surface area contributed by atoms with Crippen LogP contribution < -0.4 is 5.73 Å². The van der Waals surface area contributed by atoms with Crippen LogP contribution in [-0.2, 0) is 4.79 Å². The normalized spacial score (nSPS) is 16.8. The Hall–Kier alpha value is -1.43. The van der Waals surface area contributed by atoms with Crippen molar-refractivity contribution in [2.45, 2.75) is 39.3 Å². The van der Waals surface area contributed by atoms with E-state index in [0.717, 1.165) is 6.42 Å². The van der Waals surface area contributed by atoms with E-state index in [9.17, 15) is 4.79 Å². The Kier molecular flexibility index (Phi) is 4.00. The van der Waals surface area contributed by atoms with Gasteiger partial charge in [-0.05, 0) is 12.8 Å². The van der Waals surface area contributed by atoms with Crippen LogP contribution in [0.1, 0.15) is 45.0 Å². The molecule has 6 heteroatoms. The van der Waals surface area contributed by atoms with Crippen molar-refractivity contribution in [1.29, 1.82) is 0 Å². The van der Waals surface area contributed by atoms with Gasteiger partial charge in [0.05, 0.1) is 17.9 Å². The van der Waals surface area contributed by atoms with E-state index in [-0.39, 0.29) is 12.0 Å². The smallest absolute Gasteiger partial charge is 0.328 e. The highest BCUT2D eigenvalue weighted by molar-refractivity contribution is 5.71. The van der Waals surface area contributed by atoms with Crippen molar-refractivity contribution in [3.05, 3.63) is 11.9 Å². The minimum atomic E-state index is -0.942. The van der Waals surface area contributed by atoms with Crippen molar-refractivity contribution in [1.82, 2.24) is 15.0 Å². The molecule has 0 aliphatic heterocycles. The quantitative estimate of drug-likeness (QED) is 0.780. The lowest BCUT2D eigenvalue weighted by Gasteiger charge is -2.20. The summed E-state index contributed by atoms with van der Waals surface area (Å²) in [5.41, 5.74) is 6.71. The molecule has 0 radical (unpaired) electrons. The number of aromatic nitrogens is 3. The molecule has 6 nitrogen and oxygen atoms in total. The van der Waals surface area contributed by atoms with Gasteiger partial charge in [-0.3, -0.25) is 0 Å². The monoisotopic (exact) mass is 226 g/mol. The Bertz CT molecular complexity index is 363. The fourth-order valence-corrected chi connectivity index (χ4v) is 1.44. The molecule has 3 atom stereocenters. The molecule has 90 valence electrons. The average Bonchev–Trinajstić information content (AvgIpc) is 2.74. The summed E-state index contributed by atoms with van der Waals surface area (Å²) in [4.78, 5) is 10.9. The van der Waals surface area contributed by atoms with Gasteiger partial charge in [-0.2, -0.15) is 0 Å². The number of hydrogen-bond acceptors (Lipinski definition) is 4. The number of carboxylic acids is 1. The van der Waals surface area contributed by atoms with Gasteiger partial charge in [0, 0.05) is 0 Å². The Labute approximate surface area is 94.4 Å². The zero-order chi connectivity index (χ0) is 12.3. The molecule has 1 heterocycles. The molecule has 3 N–H and O–H groups in total. The van der Waals surface area contributed by atoms with Gasteiger partial charge >= 0.3 is 5.97 Å². The molecule has 1 rings (SSSR count). The lowest BCUT2D eigenvalue weighted by Crippen LogP contribution is -2.26. The fraction of sp³-hybridized carbons (Fsp3) is 0.700. The third kappa shape index (κ3) is 2.38. The number of nitrogens with two attached hydrogens (primary N) is 1. The van der Waals surface area contributed by atoms with Gasteiger partial charge in [-0.1, -0.05) is 25.5 Å². The maximum atomic E-state index is 10.9. The first-order valence-corrected chi connectivity index (χ1v) is 5.37. The van der Waals surface area contributed by atoms with Crippen LogP contribution in [0.25, 0.3) is 0 Å². The molecule has 0 aromatic carbocycles. The van der Waals surface area contributed by atoms with Crippen LogP contribution in [0.3, 0.4) is 0 Å². The van der Waals surface area contributed by atoms with Crippen LogP contribution in [0.2, 0.25) is 0 Å². The molecule has 1 aromatic heterocycles. The maximum absolute atomic E-state index is 10.9. The van der Waals surface area contributed by atoms with E-state index >= 15 is 0 Å². The van der Waals surface area contributed by atoms with E-state index in [0.29, 0.717) is 5.69 Å².